The Labute approximate surface area is 189 Å². The summed E-state index contributed by atoms with van der Waals surface area (Å²) in [6, 6.07) is 17.7. The molecule has 3 rings (SSSR count). The molecule has 0 N–H and O–H groups in total. The van der Waals surface area contributed by atoms with Crippen molar-refractivity contribution in [2.45, 2.75) is 84.7 Å². The van der Waals surface area contributed by atoms with Crippen molar-refractivity contribution in [2.24, 2.45) is 9.98 Å². The lowest BCUT2D eigenvalue weighted by atomic mass is 9.90. The number of nitrogens with zero attached hydrogens (tertiary/aromatic N) is 3. The van der Waals surface area contributed by atoms with Gasteiger partial charge in [0.05, 0.1) is 11.4 Å². The molecule has 1 heterocycles. The summed E-state index contributed by atoms with van der Waals surface area (Å²) in [4.78, 5) is 12.7. The smallest absolute Gasteiger partial charge is 0.0698 e. The van der Waals surface area contributed by atoms with Crippen LogP contribution in [0.1, 0.15) is 83.8 Å². The van der Waals surface area contributed by atoms with E-state index in [0.717, 1.165) is 18.5 Å². The maximum absolute atomic E-state index is 5.29. The molecule has 3 heteroatoms. The third kappa shape index (κ3) is 5.51. The molecule has 1 saturated heterocycles. The van der Waals surface area contributed by atoms with Gasteiger partial charge in [-0.2, -0.15) is 0 Å². The first kappa shape index (κ1) is 23.4. The molecule has 2 aromatic rings. The second-order valence-electron chi connectivity index (χ2n) is 9.56. The van der Waals surface area contributed by atoms with Gasteiger partial charge in [-0.3, -0.25) is 14.9 Å². The topological polar surface area (TPSA) is 28.0 Å². The van der Waals surface area contributed by atoms with Gasteiger partial charge >= 0.3 is 0 Å². The van der Waals surface area contributed by atoms with E-state index >= 15 is 0 Å². The van der Waals surface area contributed by atoms with Crippen LogP contribution in [0.3, 0.4) is 0 Å². The number of benzene rings is 2. The Morgan fingerprint density at radius 3 is 1.81 bits per heavy atom. The van der Waals surface area contributed by atoms with Gasteiger partial charge in [-0.1, -0.05) is 64.1 Å². The summed E-state index contributed by atoms with van der Waals surface area (Å²) in [5, 5.41) is 0. The Morgan fingerprint density at radius 2 is 1.29 bits per heavy atom. The number of para-hydroxylation sites is 2. The summed E-state index contributed by atoms with van der Waals surface area (Å²) >= 11 is 0. The van der Waals surface area contributed by atoms with E-state index in [1.54, 1.807) is 0 Å². The van der Waals surface area contributed by atoms with Gasteiger partial charge in [0.2, 0.25) is 0 Å². The van der Waals surface area contributed by atoms with Gasteiger partial charge in [-0.25, -0.2) is 0 Å². The second-order valence-corrected chi connectivity index (χ2v) is 9.56. The van der Waals surface area contributed by atoms with Crippen molar-refractivity contribution in [1.82, 2.24) is 4.90 Å². The van der Waals surface area contributed by atoms with Crippen LogP contribution in [0.15, 0.2) is 58.5 Å². The maximum atomic E-state index is 5.29. The van der Waals surface area contributed by atoms with Crippen LogP contribution in [0.5, 0.6) is 0 Å². The Balaban J connectivity index is 1.91. The van der Waals surface area contributed by atoms with Crippen LogP contribution >= 0.6 is 0 Å². The lowest BCUT2D eigenvalue weighted by Gasteiger charge is -2.39. The van der Waals surface area contributed by atoms with Crippen molar-refractivity contribution in [1.29, 1.82) is 0 Å². The zero-order valence-corrected chi connectivity index (χ0v) is 20.4. The molecule has 2 unspecified atom stereocenters. The lowest BCUT2D eigenvalue weighted by molar-refractivity contribution is 0.197. The Bertz CT molecular complexity index is 898. The molecule has 2 atom stereocenters. The zero-order valence-electron chi connectivity index (χ0n) is 20.4. The van der Waals surface area contributed by atoms with Crippen LogP contribution in [-0.2, 0) is 0 Å². The summed E-state index contributed by atoms with van der Waals surface area (Å²) in [5.41, 5.74) is 7.33. The molecule has 0 amide bonds. The molecule has 166 valence electrons. The van der Waals surface area contributed by atoms with Crippen molar-refractivity contribution in [3.8, 4) is 0 Å². The number of rotatable bonds is 6. The molecule has 0 aliphatic carbocycles. The first-order valence-corrected chi connectivity index (χ1v) is 11.8. The molecule has 0 spiro atoms. The minimum Gasteiger partial charge on any atom is -0.290 e. The molecule has 1 fully saturated rings. The summed E-state index contributed by atoms with van der Waals surface area (Å²) in [7, 11) is 2.25. The number of hydrogen-bond donors (Lipinski definition) is 0. The van der Waals surface area contributed by atoms with Crippen molar-refractivity contribution < 1.29 is 0 Å². The van der Waals surface area contributed by atoms with Gasteiger partial charge in [0.1, 0.15) is 0 Å². The highest BCUT2D eigenvalue weighted by Crippen LogP contribution is 2.36. The van der Waals surface area contributed by atoms with Crippen molar-refractivity contribution in [3.63, 3.8) is 0 Å². The summed E-state index contributed by atoms with van der Waals surface area (Å²) in [6.07, 6.45) is 3.52. The van der Waals surface area contributed by atoms with Crippen molar-refractivity contribution in [2.75, 3.05) is 7.05 Å². The predicted molar refractivity (Wildman–Crippen MR) is 136 cm³/mol. The predicted octanol–water partition coefficient (Wildman–Crippen LogP) is 7.67. The third-order valence-corrected chi connectivity index (χ3v) is 6.60. The number of hydrogen-bond acceptors (Lipinski definition) is 3. The van der Waals surface area contributed by atoms with Gasteiger partial charge in [0.25, 0.3) is 0 Å². The summed E-state index contributed by atoms with van der Waals surface area (Å²) in [6.45, 7) is 13.4. The normalized spacial score (nSPS) is 21.2. The summed E-state index contributed by atoms with van der Waals surface area (Å²) in [5.74, 6) is 0.921. The standard InChI is InChI=1S/C28H39N3/c1-19(2)24-15-11-16-25(20(3)4)28(24)30-22(6)27-18-12-17-26(31(27)7)21(5)29-23-13-9-8-10-14-23/h8-11,13-16,19-20,26-27H,12,17-18H2,1-7H3/b29-21+,30-22+. The first-order chi connectivity index (χ1) is 14.8. The molecular weight excluding hydrogens is 378 g/mol. The molecule has 0 bridgehead atoms. The molecule has 1 aliphatic heterocycles. The number of likely N-dealkylation sites (tertiary alicyclic amines) is 1. The van der Waals surface area contributed by atoms with Gasteiger partial charge in [0.15, 0.2) is 0 Å². The fraction of sp³-hybridized carbons (Fsp3) is 0.500. The van der Waals surface area contributed by atoms with E-state index in [-0.39, 0.29) is 0 Å². The van der Waals surface area contributed by atoms with Crippen LogP contribution in [0.25, 0.3) is 0 Å². The molecule has 0 aromatic heterocycles. The summed E-state index contributed by atoms with van der Waals surface area (Å²) < 4.78 is 0. The van der Waals surface area contributed by atoms with E-state index in [2.05, 4.69) is 96.0 Å². The van der Waals surface area contributed by atoms with Crippen LogP contribution in [-0.4, -0.2) is 35.5 Å². The molecular formula is C28H39N3. The highest BCUT2D eigenvalue weighted by Gasteiger charge is 2.31. The first-order valence-electron chi connectivity index (χ1n) is 11.8. The molecule has 2 aromatic carbocycles. The average Bonchev–Trinajstić information content (AvgIpc) is 2.74. The van der Waals surface area contributed by atoms with Crippen LogP contribution in [0, 0.1) is 0 Å². The highest BCUT2D eigenvalue weighted by molar-refractivity contribution is 5.93. The van der Waals surface area contributed by atoms with Gasteiger partial charge in [-0.05, 0) is 75.3 Å². The minimum atomic E-state index is 0.347. The number of piperidine rings is 1. The quantitative estimate of drug-likeness (QED) is 0.443. The van der Waals surface area contributed by atoms with Crippen molar-refractivity contribution in [3.05, 3.63) is 59.7 Å². The van der Waals surface area contributed by atoms with E-state index in [9.17, 15) is 0 Å². The van der Waals surface area contributed by atoms with Crippen LogP contribution < -0.4 is 0 Å². The van der Waals surface area contributed by atoms with E-state index < -0.39 is 0 Å². The third-order valence-electron chi connectivity index (χ3n) is 6.60. The Morgan fingerprint density at radius 1 is 0.774 bits per heavy atom. The Kier molecular flexibility index (Phi) is 7.83. The largest absolute Gasteiger partial charge is 0.290 e. The molecule has 31 heavy (non-hydrogen) atoms. The number of aliphatic imine (C=N–C) groups is 2. The minimum absolute atomic E-state index is 0.347. The van der Waals surface area contributed by atoms with Crippen molar-refractivity contribution >= 4 is 22.8 Å². The second kappa shape index (κ2) is 10.4. The zero-order chi connectivity index (χ0) is 22.5. The van der Waals surface area contributed by atoms with Crippen LogP contribution in [0.2, 0.25) is 0 Å². The molecule has 1 aliphatic rings. The van der Waals surface area contributed by atoms with E-state index in [0.29, 0.717) is 23.9 Å². The highest BCUT2D eigenvalue weighted by atomic mass is 15.2. The van der Waals surface area contributed by atoms with Gasteiger partial charge in [0, 0.05) is 23.5 Å². The SMILES string of the molecule is C/C(=N\c1ccccc1)C1CCCC(/C(C)=N/c2c(C(C)C)cccc2C(C)C)N1C. The monoisotopic (exact) mass is 417 g/mol. The Hall–Kier alpha value is -2.26. The lowest BCUT2D eigenvalue weighted by Crippen LogP contribution is -2.50. The van der Waals surface area contributed by atoms with Gasteiger partial charge < -0.3 is 0 Å². The maximum Gasteiger partial charge on any atom is 0.0698 e. The van der Waals surface area contributed by atoms with Crippen LogP contribution in [0.4, 0.5) is 11.4 Å². The van der Waals surface area contributed by atoms with Gasteiger partial charge in [-0.15, -0.1) is 0 Å². The molecule has 0 saturated carbocycles. The fourth-order valence-corrected chi connectivity index (χ4v) is 4.81. The molecule has 3 nitrogen and oxygen atoms in total. The van der Waals surface area contributed by atoms with E-state index in [1.807, 2.05) is 6.07 Å². The van der Waals surface area contributed by atoms with E-state index in [4.69, 9.17) is 9.98 Å². The fourth-order valence-electron chi connectivity index (χ4n) is 4.81. The average molecular weight is 418 g/mol. The van der Waals surface area contributed by atoms with E-state index in [1.165, 1.54) is 34.7 Å². The molecule has 0 radical (unpaired) electrons.